The number of rotatable bonds is 1. The standard InChI is InChI=1S/C8H17NS/c1-8(2)4-6-9(10-3)7-5-8/h4-7H2,1-3H3. The van der Waals surface area contributed by atoms with Gasteiger partial charge in [0, 0.05) is 13.1 Å². The summed E-state index contributed by atoms with van der Waals surface area (Å²) in [5.41, 5.74) is 0.603. The molecular weight excluding hydrogens is 142 g/mol. The van der Waals surface area contributed by atoms with Gasteiger partial charge in [-0.15, -0.1) is 0 Å². The van der Waals surface area contributed by atoms with Crippen LogP contribution in [0.15, 0.2) is 0 Å². The molecule has 1 nitrogen and oxygen atoms in total. The topological polar surface area (TPSA) is 3.24 Å². The fourth-order valence-electron chi connectivity index (χ4n) is 1.27. The first-order valence-corrected chi connectivity index (χ1v) is 5.11. The van der Waals surface area contributed by atoms with Crippen LogP contribution >= 0.6 is 11.9 Å². The van der Waals surface area contributed by atoms with Crippen molar-refractivity contribution < 1.29 is 0 Å². The second kappa shape index (κ2) is 3.14. The van der Waals surface area contributed by atoms with Crippen LogP contribution < -0.4 is 0 Å². The lowest BCUT2D eigenvalue weighted by atomic mass is 9.83. The highest BCUT2D eigenvalue weighted by atomic mass is 32.2. The molecule has 0 aliphatic carbocycles. The zero-order chi connectivity index (χ0) is 7.61. The summed E-state index contributed by atoms with van der Waals surface area (Å²) in [5.74, 6) is 0. The maximum Gasteiger partial charge on any atom is 0.00943 e. The van der Waals surface area contributed by atoms with Crippen LogP contribution in [-0.2, 0) is 0 Å². The summed E-state index contributed by atoms with van der Waals surface area (Å²) in [6.45, 7) is 7.28. The van der Waals surface area contributed by atoms with Crippen LogP contribution in [0.5, 0.6) is 0 Å². The number of piperidine rings is 1. The normalized spacial score (nSPS) is 26.7. The lowest BCUT2D eigenvalue weighted by Gasteiger charge is -2.35. The first-order chi connectivity index (χ1) is 4.64. The highest BCUT2D eigenvalue weighted by Gasteiger charge is 2.24. The van der Waals surface area contributed by atoms with Crippen LogP contribution in [0.2, 0.25) is 0 Å². The molecule has 0 N–H and O–H groups in total. The molecule has 1 heterocycles. The van der Waals surface area contributed by atoms with Gasteiger partial charge in [-0.2, -0.15) is 0 Å². The summed E-state index contributed by atoms with van der Waals surface area (Å²) >= 11 is 1.88. The minimum Gasteiger partial charge on any atom is -0.251 e. The molecular formula is C8H17NS. The van der Waals surface area contributed by atoms with Crippen molar-refractivity contribution >= 4 is 11.9 Å². The van der Waals surface area contributed by atoms with Crippen LogP contribution in [0.1, 0.15) is 26.7 Å². The Kier molecular flexibility index (Phi) is 2.64. The van der Waals surface area contributed by atoms with E-state index >= 15 is 0 Å². The summed E-state index contributed by atoms with van der Waals surface area (Å²) in [6, 6.07) is 0. The smallest absolute Gasteiger partial charge is 0.00943 e. The third-order valence-corrected chi connectivity index (χ3v) is 3.22. The zero-order valence-corrected chi connectivity index (χ0v) is 8.00. The van der Waals surface area contributed by atoms with Crippen molar-refractivity contribution in [2.45, 2.75) is 26.7 Å². The van der Waals surface area contributed by atoms with E-state index in [4.69, 9.17) is 0 Å². The van der Waals surface area contributed by atoms with Crippen molar-refractivity contribution in [2.24, 2.45) is 5.41 Å². The van der Waals surface area contributed by atoms with E-state index in [0.717, 1.165) is 0 Å². The Bertz CT molecular complexity index is 102. The molecule has 1 aliphatic heterocycles. The number of hydrogen-bond acceptors (Lipinski definition) is 2. The fraction of sp³-hybridized carbons (Fsp3) is 1.00. The molecule has 0 atom stereocenters. The van der Waals surface area contributed by atoms with Gasteiger partial charge >= 0.3 is 0 Å². The van der Waals surface area contributed by atoms with Crippen molar-refractivity contribution in [1.29, 1.82) is 0 Å². The van der Waals surface area contributed by atoms with E-state index in [1.165, 1.54) is 25.9 Å². The van der Waals surface area contributed by atoms with Gasteiger partial charge in [-0.05, 0) is 24.5 Å². The van der Waals surface area contributed by atoms with Crippen LogP contribution in [-0.4, -0.2) is 23.7 Å². The molecule has 1 saturated heterocycles. The Morgan fingerprint density at radius 2 is 1.70 bits per heavy atom. The molecule has 0 aromatic carbocycles. The van der Waals surface area contributed by atoms with E-state index in [1.807, 2.05) is 11.9 Å². The minimum atomic E-state index is 0.603. The Hall–Kier alpha value is 0.310. The van der Waals surface area contributed by atoms with Crippen LogP contribution in [0, 0.1) is 5.41 Å². The largest absolute Gasteiger partial charge is 0.251 e. The second-order valence-corrected chi connectivity index (χ2v) is 4.66. The molecule has 1 rings (SSSR count). The maximum atomic E-state index is 2.45. The molecule has 0 spiro atoms. The molecule has 2 heteroatoms. The molecule has 0 bridgehead atoms. The summed E-state index contributed by atoms with van der Waals surface area (Å²) in [4.78, 5) is 0. The molecule has 0 aromatic rings. The van der Waals surface area contributed by atoms with Gasteiger partial charge in [0.1, 0.15) is 0 Å². The summed E-state index contributed by atoms with van der Waals surface area (Å²) in [6.07, 6.45) is 4.88. The lowest BCUT2D eigenvalue weighted by molar-refractivity contribution is 0.205. The predicted molar refractivity (Wildman–Crippen MR) is 48.1 cm³/mol. The quantitative estimate of drug-likeness (QED) is 0.540. The van der Waals surface area contributed by atoms with Gasteiger partial charge < -0.3 is 0 Å². The van der Waals surface area contributed by atoms with Gasteiger partial charge in [-0.25, -0.2) is 0 Å². The zero-order valence-electron chi connectivity index (χ0n) is 7.18. The number of hydrogen-bond donors (Lipinski definition) is 0. The monoisotopic (exact) mass is 159 g/mol. The second-order valence-electron chi connectivity index (χ2n) is 3.78. The van der Waals surface area contributed by atoms with E-state index in [9.17, 15) is 0 Å². The minimum absolute atomic E-state index is 0.603. The van der Waals surface area contributed by atoms with Crippen LogP contribution in [0.4, 0.5) is 0 Å². The number of nitrogens with zero attached hydrogens (tertiary/aromatic N) is 1. The fourth-order valence-corrected chi connectivity index (χ4v) is 1.82. The predicted octanol–water partition coefficient (Wildman–Crippen LogP) is 2.39. The van der Waals surface area contributed by atoms with Gasteiger partial charge in [-0.1, -0.05) is 25.8 Å². The van der Waals surface area contributed by atoms with Crippen molar-refractivity contribution in [1.82, 2.24) is 4.31 Å². The van der Waals surface area contributed by atoms with Crippen molar-refractivity contribution in [3.63, 3.8) is 0 Å². The van der Waals surface area contributed by atoms with E-state index in [0.29, 0.717) is 5.41 Å². The first-order valence-electron chi connectivity index (χ1n) is 3.93. The molecule has 0 unspecified atom stereocenters. The average Bonchev–Trinajstić information content (AvgIpc) is 1.88. The Morgan fingerprint density at radius 3 is 2.10 bits per heavy atom. The third-order valence-electron chi connectivity index (χ3n) is 2.33. The summed E-state index contributed by atoms with van der Waals surface area (Å²) in [5, 5.41) is 0. The van der Waals surface area contributed by atoms with Crippen molar-refractivity contribution in [3.8, 4) is 0 Å². The maximum absolute atomic E-state index is 2.45. The molecule has 1 aliphatic rings. The van der Waals surface area contributed by atoms with Gasteiger partial charge in [0.15, 0.2) is 0 Å². The average molecular weight is 159 g/mol. The Morgan fingerprint density at radius 1 is 1.20 bits per heavy atom. The molecule has 0 saturated carbocycles. The van der Waals surface area contributed by atoms with Gasteiger partial charge in [0.2, 0.25) is 0 Å². The van der Waals surface area contributed by atoms with Crippen molar-refractivity contribution in [3.05, 3.63) is 0 Å². The summed E-state index contributed by atoms with van der Waals surface area (Å²) in [7, 11) is 0. The van der Waals surface area contributed by atoms with Gasteiger partial charge in [0.25, 0.3) is 0 Å². The molecule has 0 amide bonds. The van der Waals surface area contributed by atoms with Gasteiger partial charge in [0.05, 0.1) is 0 Å². The lowest BCUT2D eigenvalue weighted by Crippen LogP contribution is -2.32. The summed E-state index contributed by atoms with van der Waals surface area (Å²) < 4.78 is 2.45. The highest BCUT2D eigenvalue weighted by molar-refractivity contribution is 7.96. The molecule has 1 fully saturated rings. The third kappa shape index (κ3) is 2.17. The molecule has 0 radical (unpaired) electrons. The first kappa shape index (κ1) is 8.41. The van der Waals surface area contributed by atoms with Crippen LogP contribution in [0.25, 0.3) is 0 Å². The van der Waals surface area contributed by atoms with Gasteiger partial charge in [-0.3, -0.25) is 4.31 Å². The Balaban J connectivity index is 2.31. The van der Waals surface area contributed by atoms with E-state index < -0.39 is 0 Å². The molecule has 0 aromatic heterocycles. The molecule has 10 heavy (non-hydrogen) atoms. The highest BCUT2D eigenvalue weighted by Crippen LogP contribution is 2.31. The molecule has 60 valence electrons. The van der Waals surface area contributed by atoms with E-state index in [-0.39, 0.29) is 0 Å². The Labute approximate surface area is 68.3 Å². The van der Waals surface area contributed by atoms with Crippen molar-refractivity contribution in [2.75, 3.05) is 19.3 Å². The SMILES string of the molecule is CSN1CCC(C)(C)CC1. The van der Waals surface area contributed by atoms with Crippen LogP contribution in [0.3, 0.4) is 0 Å². The van der Waals surface area contributed by atoms with E-state index in [1.54, 1.807) is 0 Å². The van der Waals surface area contributed by atoms with E-state index in [2.05, 4.69) is 24.4 Å².